The third kappa shape index (κ3) is 8.92. The lowest BCUT2D eigenvalue weighted by molar-refractivity contribution is -0.158. The van der Waals surface area contributed by atoms with Crippen molar-refractivity contribution in [2.24, 2.45) is 0 Å². The number of carbonyl (C=O) groups is 2. The molecule has 0 aliphatic carbocycles. The number of phenolic OH excluding ortho intramolecular Hbond substituents is 1. The molecular formula is C20H30N4O6S. The minimum atomic E-state index is -3.77. The Labute approximate surface area is 183 Å². The van der Waals surface area contributed by atoms with E-state index in [1.165, 1.54) is 26.0 Å². The maximum atomic E-state index is 12.7. The first-order chi connectivity index (χ1) is 14.3. The molecule has 1 unspecified atom stereocenters. The second-order valence-electron chi connectivity index (χ2n) is 7.88. The molecular weight excluding hydrogens is 424 g/mol. The van der Waals surface area contributed by atoms with Gasteiger partial charge in [-0.15, -0.1) is 4.41 Å². The number of amides is 1. The first-order valence-electron chi connectivity index (χ1n) is 9.73. The van der Waals surface area contributed by atoms with Gasteiger partial charge in [-0.2, -0.15) is 5.26 Å². The number of rotatable bonds is 10. The van der Waals surface area contributed by atoms with Gasteiger partial charge in [0.15, 0.2) is 0 Å². The van der Waals surface area contributed by atoms with E-state index in [0.29, 0.717) is 9.98 Å². The van der Waals surface area contributed by atoms with Gasteiger partial charge in [0, 0.05) is 6.42 Å². The van der Waals surface area contributed by atoms with Crippen molar-refractivity contribution in [1.82, 2.24) is 15.2 Å². The molecule has 0 bridgehead atoms. The molecule has 1 rings (SSSR count). The number of hydrogen-bond acceptors (Lipinski definition) is 8. The summed E-state index contributed by atoms with van der Waals surface area (Å²) in [4.78, 5) is 25.4. The number of nitriles is 1. The molecule has 0 spiro atoms. The van der Waals surface area contributed by atoms with Crippen LogP contribution in [0.25, 0.3) is 0 Å². The Morgan fingerprint density at radius 2 is 1.84 bits per heavy atom. The van der Waals surface area contributed by atoms with Crippen LogP contribution >= 0.6 is 0 Å². The fraction of sp³-hybridized carbons (Fsp3) is 0.550. The molecule has 10 nitrogen and oxygen atoms in total. The smallest absolute Gasteiger partial charge is 0.329 e. The summed E-state index contributed by atoms with van der Waals surface area (Å²) in [6, 6.07) is 5.78. The van der Waals surface area contributed by atoms with E-state index in [-0.39, 0.29) is 17.9 Å². The lowest BCUT2D eigenvalue weighted by atomic mass is 10.0. The summed E-state index contributed by atoms with van der Waals surface area (Å²) in [5.74, 6) is -1.49. The van der Waals surface area contributed by atoms with Gasteiger partial charge in [-0.25, -0.2) is 18.6 Å². The van der Waals surface area contributed by atoms with Crippen LogP contribution in [0.15, 0.2) is 24.3 Å². The topological polar surface area (TPSA) is 149 Å². The van der Waals surface area contributed by atoms with E-state index in [1.54, 1.807) is 39.0 Å². The Balaban J connectivity index is 3.00. The van der Waals surface area contributed by atoms with E-state index in [2.05, 4.69) is 10.7 Å². The van der Waals surface area contributed by atoms with Crippen molar-refractivity contribution in [3.05, 3.63) is 29.8 Å². The van der Waals surface area contributed by atoms with Crippen molar-refractivity contribution in [2.45, 2.75) is 58.7 Å². The van der Waals surface area contributed by atoms with E-state index in [0.717, 1.165) is 0 Å². The summed E-state index contributed by atoms with van der Waals surface area (Å²) >= 11 is 0. The van der Waals surface area contributed by atoms with Crippen molar-refractivity contribution in [1.29, 1.82) is 5.26 Å². The van der Waals surface area contributed by atoms with Crippen LogP contribution in [-0.4, -0.2) is 59.8 Å². The molecule has 0 saturated carbocycles. The lowest BCUT2D eigenvalue weighted by Gasteiger charge is -2.27. The number of hydrogen-bond donors (Lipinski definition) is 3. The molecule has 3 N–H and O–H groups in total. The lowest BCUT2D eigenvalue weighted by Crippen LogP contribution is -2.56. The third-order valence-electron chi connectivity index (χ3n) is 4.03. The van der Waals surface area contributed by atoms with Gasteiger partial charge in [0.2, 0.25) is 15.9 Å². The van der Waals surface area contributed by atoms with Crippen LogP contribution < -0.4 is 10.7 Å². The highest BCUT2D eigenvalue weighted by Gasteiger charge is 2.30. The Hall–Kier alpha value is -2.68. The molecule has 0 heterocycles. The van der Waals surface area contributed by atoms with E-state index in [9.17, 15) is 23.1 Å². The summed E-state index contributed by atoms with van der Waals surface area (Å²) in [6.45, 7) is 7.45. The molecule has 1 aromatic rings. The van der Waals surface area contributed by atoms with Gasteiger partial charge in [0.05, 0.1) is 17.9 Å². The number of carbonyl (C=O) groups excluding carboxylic acids is 2. The van der Waals surface area contributed by atoms with Crippen molar-refractivity contribution >= 4 is 21.9 Å². The summed E-state index contributed by atoms with van der Waals surface area (Å²) in [5, 5.41) is 20.9. The Kier molecular flexibility index (Phi) is 9.42. The molecule has 1 aromatic carbocycles. The van der Waals surface area contributed by atoms with Crippen LogP contribution in [0.5, 0.6) is 5.75 Å². The van der Waals surface area contributed by atoms with Crippen LogP contribution in [0.4, 0.5) is 0 Å². The molecule has 31 heavy (non-hydrogen) atoms. The van der Waals surface area contributed by atoms with Crippen molar-refractivity contribution in [3.63, 3.8) is 0 Å². The van der Waals surface area contributed by atoms with Crippen LogP contribution in [0.1, 0.15) is 40.2 Å². The molecule has 1 amide bonds. The summed E-state index contributed by atoms with van der Waals surface area (Å²) in [6.07, 6.45) is 0.100. The van der Waals surface area contributed by atoms with Gasteiger partial charge in [-0.05, 0) is 52.3 Å². The number of nitrogens with one attached hydrogen (secondary N) is 2. The molecule has 0 saturated heterocycles. The number of hydrazine groups is 1. The minimum absolute atomic E-state index is 0.0640. The number of ether oxygens (including phenoxy) is 1. The molecule has 11 heteroatoms. The van der Waals surface area contributed by atoms with Crippen LogP contribution in [0, 0.1) is 11.3 Å². The normalized spacial score (nSPS) is 13.8. The van der Waals surface area contributed by atoms with E-state index in [4.69, 9.17) is 10.00 Å². The zero-order valence-corrected chi connectivity index (χ0v) is 19.2. The van der Waals surface area contributed by atoms with Gasteiger partial charge < -0.3 is 15.2 Å². The number of benzene rings is 1. The Bertz CT molecular complexity index is 903. The average molecular weight is 455 g/mol. The summed E-state index contributed by atoms with van der Waals surface area (Å²) in [7, 11) is -3.77. The maximum absolute atomic E-state index is 12.7. The molecule has 0 aliphatic heterocycles. The number of sulfonamides is 1. The predicted molar refractivity (Wildman–Crippen MR) is 114 cm³/mol. The second-order valence-corrected chi connectivity index (χ2v) is 10.1. The van der Waals surface area contributed by atoms with E-state index >= 15 is 0 Å². The van der Waals surface area contributed by atoms with Gasteiger partial charge in [-0.3, -0.25) is 4.79 Å². The first kappa shape index (κ1) is 26.4. The van der Waals surface area contributed by atoms with Crippen LogP contribution in [0.2, 0.25) is 0 Å². The third-order valence-corrected chi connectivity index (χ3v) is 5.67. The Morgan fingerprint density at radius 3 is 2.32 bits per heavy atom. The quantitative estimate of drug-likeness (QED) is 0.267. The molecule has 0 radical (unpaired) electrons. The standard InChI is InChI=1S/C20H30N4O6S/c1-6-31(28,29)24(12-11-21)23-14(2)18(26)22-17(19(27)30-20(3,4)5)13-15-7-9-16(25)10-8-15/h7-10,14,17,23,25H,6,12-13H2,1-5H3,(H,22,26)/t14?,17-/m0/s1. The van der Waals surface area contributed by atoms with E-state index in [1.807, 2.05) is 0 Å². The highest BCUT2D eigenvalue weighted by molar-refractivity contribution is 7.89. The monoisotopic (exact) mass is 454 g/mol. The zero-order chi connectivity index (χ0) is 23.8. The fourth-order valence-electron chi connectivity index (χ4n) is 2.45. The SMILES string of the molecule is CCS(=O)(=O)N(CC#N)NC(C)C(=O)N[C@@H](Cc1ccc(O)cc1)C(=O)OC(C)(C)C. The summed E-state index contributed by atoms with van der Waals surface area (Å²) in [5.41, 5.74) is 2.39. The predicted octanol–water partition coefficient (Wildman–Crippen LogP) is 0.830. The molecule has 0 aromatic heterocycles. The largest absolute Gasteiger partial charge is 0.508 e. The van der Waals surface area contributed by atoms with Gasteiger partial charge in [-0.1, -0.05) is 12.1 Å². The van der Waals surface area contributed by atoms with Crippen LogP contribution in [-0.2, 0) is 30.8 Å². The average Bonchev–Trinajstić information content (AvgIpc) is 2.67. The highest BCUT2D eigenvalue weighted by atomic mass is 32.2. The molecule has 0 aliphatic rings. The first-order valence-corrected chi connectivity index (χ1v) is 11.3. The second kappa shape index (κ2) is 11.1. The zero-order valence-electron chi connectivity index (χ0n) is 18.4. The number of aromatic hydroxyl groups is 1. The van der Waals surface area contributed by atoms with Crippen molar-refractivity contribution < 1.29 is 27.9 Å². The van der Waals surface area contributed by atoms with Crippen LogP contribution in [0.3, 0.4) is 0 Å². The van der Waals surface area contributed by atoms with Crippen molar-refractivity contribution in [2.75, 3.05) is 12.3 Å². The number of phenols is 1. The highest BCUT2D eigenvalue weighted by Crippen LogP contribution is 2.14. The minimum Gasteiger partial charge on any atom is -0.508 e. The maximum Gasteiger partial charge on any atom is 0.329 e. The van der Waals surface area contributed by atoms with Gasteiger partial charge in [0.1, 0.15) is 23.9 Å². The summed E-state index contributed by atoms with van der Waals surface area (Å²) < 4.78 is 30.3. The van der Waals surface area contributed by atoms with Gasteiger partial charge >= 0.3 is 5.97 Å². The van der Waals surface area contributed by atoms with E-state index < -0.39 is 46.1 Å². The Morgan fingerprint density at radius 1 is 1.26 bits per heavy atom. The number of nitrogens with zero attached hydrogens (tertiary/aromatic N) is 2. The van der Waals surface area contributed by atoms with Gasteiger partial charge in [0.25, 0.3) is 0 Å². The van der Waals surface area contributed by atoms with Crippen molar-refractivity contribution in [3.8, 4) is 11.8 Å². The molecule has 0 fully saturated rings. The molecule has 172 valence electrons. The number of esters is 1. The fourth-order valence-corrected chi connectivity index (χ4v) is 3.33. The molecule has 2 atom stereocenters.